The SMILES string of the molecule is CC(C)(C)c1cc(COCCOCc2cc(C(C)(C)C)c(O)c(C(C)(C)C)c2)cc(C(C)(C)C)c1O. The summed E-state index contributed by atoms with van der Waals surface area (Å²) in [6.45, 7) is 27.3. The summed E-state index contributed by atoms with van der Waals surface area (Å²) in [7, 11) is 0. The van der Waals surface area contributed by atoms with E-state index in [0.29, 0.717) is 37.9 Å². The van der Waals surface area contributed by atoms with Crippen LogP contribution in [0.3, 0.4) is 0 Å². The van der Waals surface area contributed by atoms with Crippen molar-refractivity contribution in [3.8, 4) is 11.5 Å². The lowest BCUT2D eigenvalue weighted by Gasteiger charge is -2.28. The quantitative estimate of drug-likeness (QED) is 0.379. The molecule has 0 fully saturated rings. The smallest absolute Gasteiger partial charge is 0.123 e. The Morgan fingerprint density at radius 2 is 0.694 bits per heavy atom. The number of hydrogen-bond acceptors (Lipinski definition) is 4. The van der Waals surface area contributed by atoms with Gasteiger partial charge in [-0.15, -0.1) is 0 Å². The molecule has 2 aromatic carbocycles. The van der Waals surface area contributed by atoms with Crippen LogP contribution in [0.5, 0.6) is 11.5 Å². The summed E-state index contributed by atoms with van der Waals surface area (Å²) in [6, 6.07) is 8.24. The first-order valence-corrected chi connectivity index (χ1v) is 13.1. The summed E-state index contributed by atoms with van der Waals surface area (Å²) in [6.07, 6.45) is 0. The van der Waals surface area contributed by atoms with Crippen LogP contribution >= 0.6 is 0 Å². The van der Waals surface area contributed by atoms with Gasteiger partial charge in [-0.05, 0) is 79.3 Å². The molecule has 0 bridgehead atoms. The van der Waals surface area contributed by atoms with E-state index in [2.05, 4.69) is 107 Å². The van der Waals surface area contributed by atoms with Crippen molar-refractivity contribution >= 4 is 0 Å². The molecule has 4 heteroatoms. The highest BCUT2D eigenvalue weighted by Gasteiger charge is 2.27. The van der Waals surface area contributed by atoms with Gasteiger partial charge in [0.2, 0.25) is 0 Å². The largest absolute Gasteiger partial charge is 0.507 e. The monoisotopic (exact) mass is 498 g/mol. The fourth-order valence-corrected chi connectivity index (χ4v) is 4.34. The average Bonchev–Trinajstić information content (AvgIpc) is 2.68. The first-order chi connectivity index (χ1) is 16.2. The van der Waals surface area contributed by atoms with Gasteiger partial charge >= 0.3 is 0 Å². The van der Waals surface area contributed by atoms with Crippen molar-refractivity contribution in [2.24, 2.45) is 0 Å². The van der Waals surface area contributed by atoms with E-state index in [1.165, 1.54) is 0 Å². The van der Waals surface area contributed by atoms with Crippen molar-refractivity contribution in [1.82, 2.24) is 0 Å². The standard InChI is InChI=1S/C32H50O4/c1-29(2,3)23-15-21(16-24(27(23)33)30(4,5)6)19-35-13-14-36-20-22-17-25(31(7,8)9)28(34)26(18-22)32(10,11)12/h15-18,33-34H,13-14,19-20H2,1-12H3. The molecule has 0 aromatic heterocycles. The van der Waals surface area contributed by atoms with Crippen molar-refractivity contribution in [3.05, 3.63) is 57.6 Å². The molecule has 4 nitrogen and oxygen atoms in total. The van der Waals surface area contributed by atoms with Crippen LogP contribution < -0.4 is 0 Å². The predicted molar refractivity (Wildman–Crippen MR) is 150 cm³/mol. The minimum absolute atomic E-state index is 0.162. The number of benzene rings is 2. The van der Waals surface area contributed by atoms with Gasteiger partial charge in [-0.1, -0.05) is 83.1 Å². The van der Waals surface area contributed by atoms with Gasteiger partial charge in [0, 0.05) is 0 Å². The maximum atomic E-state index is 10.9. The third-order valence-corrected chi connectivity index (χ3v) is 6.48. The molecule has 2 aromatic rings. The van der Waals surface area contributed by atoms with E-state index in [9.17, 15) is 10.2 Å². The van der Waals surface area contributed by atoms with Crippen molar-refractivity contribution in [2.45, 2.75) is 118 Å². The normalized spacial score (nSPS) is 13.3. The molecular weight excluding hydrogens is 448 g/mol. The molecular formula is C32H50O4. The number of rotatable bonds is 7. The Kier molecular flexibility index (Phi) is 9.01. The van der Waals surface area contributed by atoms with E-state index >= 15 is 0 Å². The van der Waals surface area contributed by atoms with Gasteiger partial charge in [0.25, 0.3) is 0 Å². The fourth-order valence-electron chi connectivity index (χ4n) is 4.34. The van der Waals surface area contributed by atoms with Crippen LogP contribution in [0, 0.1) is 0 Å². The molecule has 36 heavy (non-hydrogen) atoms. The van der Waals surface area contributed by atoms with Crippen LogP contribution in [0.2, 0.25) is 0 Å². The summed E-state index contributed by atoms with van der Waals surface area (Å²) in [5.41, 5.74) is 5.26. The van der Waals surface area contributed by atoms with Gasteiger partial charge in [-0.25, -0.2) is 0 Å². The number of phenolic OH excluding ortho intramolecular Hbond substituents is 2. The highest BCUT2D eigenvalue weighted by atomic mass is 16.5. The lowest BCUT2D eigenvalue weighted by atomic mass is 9.78. The topological polar surface area (TPSA) is 58.9 Å². The zero-order valence-electron chi connectivity index (χ0n) is 24.8. The van der Waals surface area contributed by atoms with Gasteiger partial charge in [0.15, 0.2) is 0 Å². The van der Waals surface area contributed by atoms with Crippen molar-refractivity contribution in [1.29, 1.82) is 0 Å². The van der Waals surface area contributed by atoms with Gasteiger partial charge in [0.1, 0.15) is 11.5 Å². The molecule has 2 rings (SSSR count). The molecule has 0 saturated carbocycles. The van der Waals surface area contributed by atoms with E-state index < -0.39 is 0 Å². The molecule has 0 unspecified atom stereocenters. The van der Waals surface area contributed by atoms with E-state index in [0.717, 1.165) is 33.4 Å². The fraction of sp³-hybridized carbons (Fsp3) is 0.625. The molecule has 0 atom stereocenters. The first-order valence-electron chi connectivity index (χ1n) is 13.1. The minimum Gasteiger partial charge on any atom is -0.507 e. The Morgan fingerprint density at radius 3 is 0.889 bits per heavy atom. The Balaban J connectivity index is 2.06. The van der Waals surface area contributed by atoms with Crippen molar-refractivity contribution in [2.75, 3.05) is 13.2 Å². The van der Waals surface area contributed by atoms with Gasteiger partial charge in [0.05, 0.1) is 26.4 Å². The second kappa shape index (κ2) is 10.8. The second-order valence-electron chi connectivity index (χ2n) is 14.2. The minimum atomic E-state index is -0.162. The van der Waals surface area contributed by atoms with Gasteiger partial charge < -0.3 is 19.7 Å². The molecule has 0 heterocycles. The highest BCUT2D eigenvalue weighted by molar-refractivity contribution is 5.50. The summed E-state index contributed by atoms with van der Waals surface area (Å²) >= 11 is 0. The van der Waals surface area contributed by atoms with Crippen molar-refractivity contribution in [3.63, 3.8) is 0 Å². The molecule has 0 aliphatic carbocycles. The average molecular weight is 499 g/mol. The third-order valence-electron chi connectivity index (χ3n) is 6.48. The number of hydrogen-bond donors (Lipinski definition) is 2. The lowest BCUT2D eigenvalue weighted by Crippen LogP contribution is -2.18. The molecule has 0 saturated heterocycles. The van der Waals surface area contributed by atoms with Gasteiger partial charge in [-0.2, -0.15) is 0 Å². The Labute approximate surface area is 220 Å². The van der Waals surface area contributed by atoms with Crippen molar-refractivity contribution < 1.29 is 19.7 Å². The molecule has 2 N–H and O–H groups in total. The zero-order chi connectivity index (χ0) is 27.7. The molecule has 0 aliphatic rings. The van der Waals surface area contributed by atoms with Crippen LogP contribution in [0.1, 0.15) is 116 Å². The Morgan fingerprint density at radius 1 is 0.472 bits per heavy atom. The number of ether oxygens (including phenoxy) is 2. The van der Waals surface area contributed by atoms with Crippen LogP contribution in [0.25, 0.3) is 0 Å². The molecule has 0 aliphatic heterocycles. The summed E-state index contributed by atoms with van der Waals surface area (Å²) in [5.74, 6) is 0.778. The van der Waals surface area contributed by atoms with Crippen LogP contribution in [-0.2, 0) is 44.3 Å². The maximum Gasteiger partial charge on any atom is 0.123 e. The Hall–Kier alpha value is -2.04. The Bertz CT molecular complexity index is 882. The third kappa shape index (κ3) is 7.73. The van der Waals surface area contributed by atoms with Crippen LogP contribution in [-0.4, -0.2) is 23.4 Å². The highest BCUT2D eigenvalue weighted by Crippen LogP contribution is 2.41. The van der Waals surface area contributed by atoms with E-state index in [1.807, 2.05) is 0 Å². The zero-order valence-corrected chi connectivity index (χ0v) is 24.8. The van der Waals surface area contributed by atoms with Gasteiger partial charge in [-0.3, -0.25) is 0 Å². The first kappa shape index (κ1) is 30.2. The molecule has 202 valence electrons. The molecule has 0 radical (unpaired) electrons. The summed E-state index contributed by atoms with van der Waals surface area (Å²) in [4.78, 5) is 0. The summed E-state index contributed by atoms with van der Waals surface area (Å²) < 4.78 is 11.9. The lowest BCUT2D eigenvalue weighted by molar-refractivity contribution is 0.0337. The predicted octanol–water partition coefficient (Wildman–Crippen LogP) is 8.02. The number of aromatic hydroxyl groups is 2. The van der Waals surface area contributed by atoms with E-state index in [1.54, 1.807) is 0 Å². The second-order valence-corrected chi connectivity index (χ2v) is 14.2. The molecule has 0 spiro atoms. The molecule has 0 amide bonds. The van der Waals surface area contributed by atoms with E-state index in [-0.39, 0.29) is 21.7 Å². The van der Waals surface area contributed by atoms with Crippen LogP contribution in [0.15, 0.2) is 24.3 Å². The summed E-state index contributed by atoms with van der Waals surface area (Å²) in [5, 5.41) is 21.8. The van der Waals surface area contributed by atoms with Crippen LogP contribution in [0.4, 0.5) is 0 Å². The maximum absolute atomic E-state index is 10.9. The number of phenols is 2. The van der Waals surface area contributed by atoms with E-state index in [4.69, 9.17) is 9.47 Å².